The number of aromatic nitrogens is 1. The zero-order valence-corrected chi connectivity index (χ0v) is 15.7. The highest BCUT2D eigenvalue weighted by Crippen LogP contribution is 2.28. The van der Waals surface area contributed by atoms with Crippen LogP contribution in [-0.2, 0) is 0 Å². The van der Waals surface area contributed by atoms with Crippen LogP contribution in [0.4, 0.5) is 0 Å². The number of hydrogen-bond acceptors (Lipinski definition) is 6. The molecule has 0 saturated carbocycles. The Morgan fingerprint density at radius 3 is 2.48 bits per heavy atom. The van der Waals surface area contributed by atoms with Gasteiger partial charge in [-0.15, -0.1) is 0 Å². The highest BCUT2D eigenvalue weighted by molar-refractivity contribution is 5.95. The number of rotatable bonds is 7. The topological polar surface area (TPSA) is 89.9 Å². The van der Waals surface area contributed by atoms with Crippen LogP contribution in [0.3, 0.4) is 0 Å². The summed E-state index contributed by atoms with van der Waals surface area (Å²) < 4.78 is 11.0. The molecule has 3 rings (SSSR count). The average molecular weight is 389 g/mol. The minimum Gasteiger partial charge on any atom is -0.490 e. The van der Waals surface area contributed by atoms with Gasteiger partial charge >= 0.3 is 5.97 Å². The molecule has 0 spiro atoms. The Morgan fingerprint density at radius 1 is 1.00 bits per heavy atom. The number of nitrogens with one attached hydrogen (secondary N) is 1. The van der Waals surface area contributed by atoms with Gasteiger partial charge in [0, 0.05) is 18.0 Å². The Labute approximate surface area is 168 Å². The van der Waals surface area contributed by atoms with Gasteiger partial charge in [0.15, 0.2) is 11.5 Å². The predicted molar refractivity (Wildman–Crippen MR) is 108 cm³/mol. The maximum atomic E-state index is 12.3. The number of ether oxygens (including phenoxy) is 2. The fraction of sp³-hybridized carbons (Fsp3) is 0.0909. The molecule has 0 aliphatic carbocycles. The summed E-state index contributed by atoms with van der Waals surface area (Å²) in [7, 11) is 0. The molecule has 1 heterocycles. The van der Waals surface area contributed by atoms with Crippen LogP contribution in [-0.4, -0.2) is 29.7 Å². The third-order valence-corrected chi connectivity index (χ3v) is 3.80. The molecule has 1 amide bonds. The molecule has 0 saturated heterocycles. The summed E-state index contributed by atoms with van der Waals surface area (Å²) in [4.78, 5) is 28.1. The Kier molecular flexibility index (Phi) is 6.67. The number of pyridine rings is 1. The van der Waals surface area contributed by atoms with Crippen LogP contribution in [0.25, 0.3) is 0 Å². The van der Waals surface area contributed by atoms with Crippen molar-refractivity contribution in [3.05, 3.63) is 89.7 Å². The zero-order valence-electron chi connectivity index (χ0n) is 15.7. The molecule has 7 heteroatoms. The lowest BCUT2D eigenvalue weighted by atomic mass is 10.2. The van der Waals surface area contributed by atoms with E-state index in [-0.39, 0.29) is 5.91 Å². The van der Waals surface area contributed by atoms with E-state index in [1.807, 2.05) is 13.0 Å². The lowest BCUT2D eigenvalue weighted by Gasteiger charge is -2.11. The summed E-state index contributed by atoms with van der Waals surface area (Å²) in [5.74, 6) is -0.112. The van der Waals surface area contributed by atoms with Crippen molar-refractivity contribution in [3.8, 4) is 11.5 Å². The van der Waals surface area contributed by atoms with E-state index >= 15 is 0 Å². The van der Waals surface area contributed by atoms with Crippen LogP contribution in [0.5, 0.6) is 11.5 Å². The molecule has 0 aliphatic heterocycles. The van der Waals surface area contributed by atoms with Crippen molar-refractivity contribution in [2.24, 2.45) is 5.10 Å². The largest absolute Gasteiger partial charge is 0.490 e. The van der Waals surface area contributed by atoms with E-state index in [2.05, 4.69) is 15.5 Å². The second-order valence-corrected chi connectivity index (χ2v) is 5.83. The van der Waals surface area contributed by atoms with Crippen LogP contribution in [0.2, 0.25) is 0 Å². The summed E-state index contributed by atoms with van der Waals surface area (Å²) >= 11 is 0. The van der Waals surface area contributed by atoms with Gasteiger partial charge in [0.1, 0.15) is 0 Å². The highest BCUT2D eigenvalue weighted by atomic mass is 16.6. The molecule has 2 aromatic carbocycles. The van der Waals surface area contributed by atoms with Crippen LogP contribution in [0.1, 0.15) is 33.2 Å². The Morgan fingerprint density at radius 2 is 1.76 bits per heavy atom. The summed E-state index contributed by atoms with van der Waals surface area (Å²) in [5.41, 5.74) is 4.01. The minimum absolute atomic E-state index is 0.304. The molecule has 0 atom stereocenters. The lowest BCUT2D eigenvalue weighted by Crippen LogP contribution is -2.17. The van der Waals surface area contributed by atoms with Crippen LogP contribution >= 0.6 is 0 Å². The van der Waals surface area contributed by atoms with Crippen molar-refractivity contribution in [3.63, 3.8) is 0 Å². The molecule has 0 fully saturated rings. The van der Waals surface area contributed by atoms with E-state index in [4.69, 9.17) is 9.47 Å². The van der Waals surface area contributed by atoms with Crippen molar-refractivity contribution in [1.82, 2.24) is 10.4 Å². The molecular weight excluding hydrogens is 370 g/mol. The first-order valence-corrected chi connectivity index (χ1v) is 8.95. The van der Waals surface area contributed by atoms with Crippen molar-refractivity contribution in [1.29, 1.82) is 0 Å². The quantitative estimate of drug-likeness (QED) is 0.289. The van der Waals surface area contributed by atoms with Crippen LogP contribution in [0, 0.1) is 0 Å². The summed E-state index contributed by atoms with van der Waals surface area (Å²) in [6.07, 6.45) is 4.54. The van der Waals surface area contributed by atoms with Gasteiger partial charge in [-0.3, -0.25) is 9.78 Å². The van der Waals surface area contributed by atoms with E-state index in [1.54, 1.807) is 54.6 Å². The number of nitrogens with zero attached hydrogens (tertiary/aromatic N) is 2. The van der Waals surface area contributed by atoms with E-state index < -0.39 is 5.97 Å². The molecule has 1 N–H and O–H groups in total. The lowest BCUT2D eigenvalue weighted by molar-refractivity contribution is 0.0728. The maximum Gasteiger partial charge on any atom is 0.343 e. The standard InChI is InChI=1S/C22H19N3O4/c1-2-28-20-14-16(15-24-25-21(26)17-10-12-23-13-11-17)8-9-19(20)29-22(27)18-6-4-3-5-7-18/h3-15H,2H2,1H3,(H,25,26)/b24-15-. The van der Waals surface area contributed by atoms with Crippen molar-refractivity contribution in [2.75, 3.05) is 6.61 Å². The van der Waals surface area contributed by atoms with E-state index in [0.717, 1.165) is 0 Å². The van der Waals surface area contributed by atoms with Gasteiger partial charge in [-0.05, 0) is 55.0 Å². The molecule has 146 valence electrons. The maximum absolute atomic E-state index is 12.3. The highest BCUT2D eigenvalue weighted by Gasteiger charge is 2.13. The fourth-order valence-corrected chi connectivity index (χ4v) is 2.42. The molecule has 0 aliphatic rings. The number of esters is 1. The number of benzene rings is 2. The normalized spacial score (nSPS) is 10.5. The van der Waals surface area contributed by atoms with E-state index in [9.17, 15) is 9.59 Å². The van der Waals surface area contributed by atoms with Gasteiger partial charge in [0.25, 0.3) is 5.91 Å². The van der Waals surface area contributed by atoms with E-state index in [0.29, 0.717) is 34.8 Å². The molecule has 7 nitrogen and oxygen atoms in total. The summed E-state index contributed by atoms with van der Waals surface area (Å²) in [6, 6.07) is 16.9. The third kappa shape index (κ3) is 5.49. The smallest absolute Gasteiger partial charge is 0.343 e. The number of hydrogen-bond donors (Lipinski definition) is 1. The fourth-order valence-electron chi connectivity index (χ4n) is 2.42. The molecule has 0 bridgehead atoms. The van der Waals surface area contributed by atoms with Gasteiger partial charge in [-0.25, -0.2) is 10.2 Å². The van der Waals surface area contributed by atoms with Gasteiger partial charge in [-0.2, -0.15) is 5.10 Å². The molecule has 0 radical (unpaired) electrons. The second-order valence-electron chi connectivity index (χ2n) is 5.83. The number of amides is 1. The number of carbonyl (C=O) groups is 2. The van der Waals surface area contributed by atoms with Crippen molar-refractivity contribution in [2.45, 2.75) is 6.92 Å². The Balaban J connectivity index is 1.70. The Bertz CT molecular complexity index is 1010. The predicted octanol–water partition coefficient (Wildman–Crippen LogP) is 3.46. The van der Waals surface area contributed by atoms with Gasteiger partial charge in [-0.1, -0.05) is 18.2 Å². The van der Waals surface area contributed by atoms with Gasteiger partial charge < -0.3 is 9.47 Å². The van der Waals surface area contributed by atoms with Crippen molar-refractivity contribution >= 4 is 18.1 Å². The SMILES string of the molecule is CCOc1cc(/C=N\NC(=O)c2ccncc2)ccc1OC(=O)c1ccccc1. The monoisotopic (exact) mass is 389 g/mol. The van der Waals surface area contributed by atoms with Crippen LogP contribution in [0.15, 0.2) is 78.2 Å². The minimum atomic E-state index is -0.474. The summed E-state index contributed by atoms with van der Waals surface area (Å²) in [5, 5.41) is 3.95. The van der Waals surface area contributed by atoms with Crippen LogP contribution < -0.4 is 14.9 Å². The second kappa shape index (κ2) is 9.80. The molecule has 1 aromatic heterocycles. The molecule has 0 unspecified atom stereocenters. The molecular formula is C22H19N3O4. The van der Waals surface area contributed by atoms with E-state index in [1.165, 1.54) is 18.6 Å². The van der Waals surface area contributed by atoms with Gasteiger partial charge in [0.2, 0.25) is 0 Å². The third-order valence-electron chi connectivity index (χ3n) is 3.80. The zero-order chi connectivity index (χ0) is 20.5. The number of carbonyl (C=O) groups excluding carboxylic acids is 2. The first kappa shape index (κ1) is 19.8. The van der Waals surface area contributed by atoms with Gasteiger partial charge in [0.05, 0.1) is 18.4 Å². The first-order chi connectivity index (χ1) is 14.2. The first-order valence-electron chi connectivity index (χ1n) is 8.95. The summed E-state index contributed by atoms with van der Waals surface area (Å²) in [6.45, 7) is 2.23. The number of hydrazone groups is 1. The Hall–Kier alpha value is -4.00. The average Bonchev–Trinajstić information content (AvgIpc) is 2.76. The molecule has 3 aromatic rings. The van der Waals surface area contributed by atoms with Crippen molar-refractivity contribution < 1.29 is 19.1 Å². The molecule has 29 heavy (non-hydrogen) atoms.